The lowest BCUT2D eigenvalue weighted by Gasteiger charge is -2.57. The van der Waals surface area contributed by atoms with Gasteiger partial charge in [-0.15, -0.1) is 0 Å². The summed E-state index contributed by atoms with van der Waals surface area (Å²) in [5.41, 5.74) is 0. The molecule has 0 aromatic heterocycles. The largest absolute Gasteiger partial charge is 0.397 e. The normalized spacial score (nSPS) is 29.9. The quantitative estimate of drug-likeness (QED) is 0.289. The molecule has 2 fully saturated rings. The molecule has 2 saturated heterocycles. The zero-order valence-corrected chi connectivity index (χ0v) is 22.9. The van der Waals surface area contributed by atoms with E-state index in [1.54, 1.807) is 0 Å². The Morgan fingerprint density at radius 2 is 1.62 bits per heavy atom. The number of fused-ring (bicyclic) bond motifs is 1. The van der Waals surface area contributed by atoms with Gasteiger partial charge in [-0.2, -0.15) is 4.39 Å². The van der Waals surface area contributed by atoms with Crippen LogP contribution in [0.25, 0.3) is 0 Å². The molecule has 0 bridgehead atoms. The summed E-state index contributed by atoms with van der Waals surface area (Å²) in [6, 6.07) is -0.650. The molecule has 3 atom stereocenters. The minimum absolute atomic E-state index is 0.0784. The van der Waals surface area contributed by atoms with Crippen molar-refractivity contribution in [1.29, 1.82) is 0 Å². The molecule has 0 spiro atoms. The van der Waals surface area contributed by atoms with Crippen molar-refractivity contribution in [3.05, 3.63) is 0 Å². The summed E-state index contributed by atoms with van der Waals surface area (Å²) in [7, 11) is -4.91. The second-order valence-corrected chi connectivity index (χ2v) is 21.8. The first-order chi connectivity index (χ1) is 12.8. The molecule has 168 valence electrons. The first-order valence-corrected chi connectivity index (χ1v) is 16.9. The number of nitrogens with zero attached hydrogens (tertiary/aromatic N) is 2. The molecule has 2 heterocycles. The van der Waals surface area contributed by atoms with Crippen molar-refractivity contribution in [2.24, 2.45) is 0 Å². The second-order valence-electron chi connectivity index (χ2n) is 11.1. The summed E-state index contributed by atoms with van der Waals surface area (Å²) in [6.45, 7) is 20.5. The van der Waals surface area contributed by atoms with Crippen molar-refractivity contribution < 1.29 is 23.1 Å². The fraction of sp³-hybridized carbons (Fsp3) is 0.895. The van der Waals surface area contributed by atoms with Crippen molar-refractivity contribution >= 4 is 44.4 Å². The number of rotatable bonds is 3. The minimum Gasteiger partial charge on any atom is -0.397 e. The fourth-order valence-corrected chi connectivity index (χ4v) is 7.03. The number of hydrogen-bond acceptors (Lipinski definition) is 4. The van der Waals surface area contributed by atoms with Gasteiger partial charge in [0.15, 0.2) is 21.4 Å². The van der Waals surface area contributed by atoms with Crippen molar-refractivity contribution in [2.75, 3.05) is 6.61 Å². The third-order valence-corrected chi connectivity index (χ3v) is 17.7. The monoisotopic (exact) mass is 510 g/mol. The van der Waals surface area contributed by atoms with Crippen LogP contribution >= 0.6 is 15.9 Å². The Morgan fingerprint density at radius 1 is 1.10 bits per heavy atom. The highest BCUT2D eigenvalue weighted by molar-refractivity contribution is 9.10. The number of alkyl halides is 2. The lowest BCUT2D eigenvalue weighted by molar-refractivity contribution is -0.290. The zero-order valence-electron chi connectivity index (χ0n) is 19.4. The van der Waals surface area contributed by atoms with E-state index in [1.807, 2.05) is 33.9 Å². The van der Waals surface area contributed by atoms with Gasteiger partial charge in [0.05, 0.1) is 6.61 Å². The van der Waals surface area contributed by atoms with Gasteiger partial charge in [0.2, 0.25) is 5.91 Å². The van der Waals surface area contributed by atoms with Crippen LogP contribution in [0.4, 0.5) is 9.18 Å². The molecule has 0 saturated carbocycles. The van der Waals surface area contributed by atoms with E-state index in [-0.39, 0.29) is 16.7 Å². The Hall–Kier alpha value is -0.296. The molecule has 2 rings (SSSR count). The first-order valence-electron chi connectivity index (χ1n) is 10.1. The van der Waals surface area contributed by atoms with E-state index >= 15 is 4.39 Å². The molecule has 0 aromatic carbocycles. The van der Waals surface area contributed by atoms with Crippen LogP contribution in [0.1, 0.15) is 48.0 Å². The van der Waals surface area contributed by atoms with Crippen LogP contribution in [0, 0.1) is 0 Å². The second kappa shape index (κ2) is 7.39. The molecule has 1 unspecified atom stereocenters. The lowest BCUT2D eigenvalue weighted by atomic mass is 10.1. The molecule has 6 nitrogen and oxygen atoms in total. The molecule has 29 heavy (non-hydrogen) atoms. The van der Waals surface area contributed by atoms with E-state index in [1.165, 1.54) is 4.57 Å². The predicted octanol–water partition coefficient (Wildman–Crippen LogP) is 5.41. The highest BCUT2D eigenvalue weighted by atomic mass is 79.9. The maximum Gasteiger partial charge on any atom is 0.325 e. The van der Waals surface area contributed by atoms with Crippen LogP contribution in [-0.2, 0) is 14.0 Å². The fourth-order valence-electron chi connectivity index (χ4n) is 3.09. The van der Waals surface area contributed by atoms with Gasteiger partial charge in [-0.25, -0.2) is 9.69 Å². The smallest absolute Gasteiger partial charge is 0.325 e. The Labute approximate surface area is 184 Å². The van der Waals surface area contributed by atoms with Gasteiger partial charge in [0.25, 0.3) is 0 Å². The van der Waals surface area contributed by atoms with Gasteiger partial charge >= 0.3 is 12.0 Å². The van der Waals surface area contributed by atoms with Gasteiger partial charge in [0, 0.05) is 6.42 Å². The Morgan fingerprint density at radius 3 is 2.07 bits per heavy atom. The summed E-state index contributed by atoms with van der Waals surface area (Å²) in [6.07, 6.45) is -0.411. The van der Waals surface area contributed by atoms with Crippen LogP contribution in [0.3, 0.4) is 0 Å². The van der Waals surface area contributed by atoms with E-state index in [9.17, 15) is 9.59 Å². The number of imide groups is 1. The van der Waals surface area contributed by atoms with Crippen LogP contribution in [0.2, 0.25) is 36.3 Å². The van der Waals surface area contributed by atoms with E-state index in [4.69, 9.17) is 9.16 Å². The van der Waals surface area contributed by atoms with Crippen molar-refractivity contribution in [3.63, 3.8) is 0 Å². The van der Waals surface area contributed by atoms with E-state index in [0.29, 0.717) is 6.42 Å². The number of amides is 3. The first kappa shape index (κ1) is 25.0. The number of carbonyl (C=O) groups excluding carboxylic acids is 2. The third kappa shape index (κ3) is 3.99. The van der Waals surface area contributed by atoms with Crippen molar-refractivity contribution in [3.8, 4) is 0 Å². The lowest BCUT2D eigenvalue weighted by Crippen LogP contribution is -2.78. The molecular weight excluding hydrogens is 475 g/mol. The molecule has 0 N–H and O–H groups in total. The Balaban J connectivity index is 2.53. The molecule has 2 aliphatic heterocycles. The van der Waals surface area contributed by atoms with Crippen LogP contribution < -0.4 is 0 Å². The molecule has 3 amide bonds. The molecule has 2 aliphatic rings. The highest BCUT2D eigenvalue weighted by Gasteiger charge is 2.66. The summed E-state index contributed by atoms with van der Waals surface area (Å²) >= 11 is 3.22. The topological polar surface area (TPSA) is 59.1 Å². The third-order valence-electron chi connectivity index (χ3n) is 7.06. The van der Waals surface area contributed by atoms with E-state index in [2.05, 4.69) is 49.8 Å². The van der Waals surface area contributed by atoms with Gasteiger partial charge in [-0.05, 0) is 23.2 Å². The Bertz CT molecular complexity index is 693. The van der Waals surface area contributed by atoms with Crippen LogP contribution in [0.15, 0.2) is 0 Å². The molecule has 10 heteroatoms. The number of urea groups is 1. The minimum atomic E-state index is -2.61. The Kier molecular flexibility index (Phi) is 6.36. The van der Waals surface area contributed by atoms with E-state index < -0.39 is 45.5 Å². The molecular formula is C19H36BrFN2O4Si2. The van der Waals surface area contributed by atoms with Gasteiger partial charge in [-0.3, -0.25) is 9.36 Å². The number of ether oxygens (including phenoxy) is 1. The number of hydrogen-bond donors (Lipinski definition) is 0. The molecule has 0 radical (unpaired) electrons. The summed E-state index contributed by atoms with van der Waals surface area (Å²) < 4.78 is 29.2. The summed E-state index contributed by atoms with van der Waals surface area (Å²) in [5, 5.41) is -0.389. The predicted molar refractivity (Wildman–Crippen MR) is 120 cm³/mol. The highest BCUT2D eigenvalue weighted by Crippen LogP contribution is 2.48. The van der Waals surface area contributed by atoms with Crippen molar-refractivity contribution in [2.45, 2.75) is 101 Å². The summed E-state index contributed by atoms with van der Waals surface area (Å²) in [4.78, 5) is 26.5. The number of halogens is 2. The van der Waals surface area contributed by atoms with Gasteiger partial charge < -0.3 is 9.16 Å². The summed E-state index contributed by atoms with van der Waals surface area (Å²) in [5.74, 6) is -3.13. The SMILES string of the molecule is CC(C)(C)[Si](C)(C)O[C@H]1CCOC2(F)[C@H](Br)C(=O)N([Si](C)(C)C(C)(C)C)C(=O)N12. The average Bonchev–Trinajstić information content (AvgIpc) is 2.50. The van der Waals surface area contributed by atoms with Crippen LogP contribution in [-0.4, -0.2) is 61.6 Å². The maximum atomic E-state index is 16.0. The average molecular weight is 512 g/mol. The van der Waals surface area contributed by atoms with Crippen molar-refractivity contribution in [1.82, 2.24) is 9.47 Å². The zero-order chi connectivity index (χ0) is 22.8. The molecule has 0 aliphatic carbocycles. The van der Waals surface area contributed by atoms with E-state index in [0.717, 1.165) is 4.90 Å². The maximum absolute atomic E-state index is 16.0. The van der Waals surface area contributed by atoms with Crippen LogP contribution in [0.5, 0.6) is 0 Å². The number of carbonyl (C=O) groups is 2. The standard InChI is InChI=1S/C19H36BrFN2O4Si2/c1-17(2,3)28(7,8)23-15(24)14(20)19(21)22(16(23)25)13(11-12-26-19)27-29(9,10)18(4,5)6/h13-14H,11-12H2,1-10H3/t13-,14+,19?/m0/s1. The van der Waals surface area contributed by atoms with Gasteiger partial charge in [-0.1, -0.05) is 70.6 Å². The van der Waals surface area contributed by atoms with Gasteiger partial charge in [0.1, 0.15) is 6.23 Å². The molecule has 0 aromatic rings.